The molecular formula is C16H18O. The van der Waals surface area contributed by atoms with Crippen LogP contribution < -0.4 is 0 Å². The topological polar surface area (TPSA) is 17.1 Å². The van der Waals surface area contributed by atoms with Crippen molar-refractivity contribution in [3.63, 3.8) is 0 Å². The molecule has 17 heavy (non-hydrogen) atoms. The molecule has 3 aliphatic rings. The molecular weight excluding hydrogens is 208 g/mol. The van der Waals surface area contributed by atoms with E-state index in [1.165, 1.54) is 30.4 Å². The predicted molar refractivity (Wildman–Crippen MR) is 66.8 cm³/mol. The van der Waals surface area contributed by atoms with Gasteiger partial charge in [0, 0.05) is 12.3 Å². The Kier molecular flexibility index (Phi) is 2.00. The first-order chi connectivity index (χ1) is 8.34. The third kappa shape index (κ3) is 1.41. The van der Waals surface area contributed by atoms with Crippen molar-refractivity contribution >= 4 is 5.78 Å². The van der Waals surface area contributed by atoms with Gasteiger partial charge < -0.3 is 0 Å². The molecule has 0 saturated heterocycles. The van der Waals surface area contributed by atoms with Crippen LogP contribution in [0.3, 0.4) is 0 Å². The highest BCUT2D eigenvalue weighted by molar-refractivity contribution is 5.85. The van der Waals surface area contributed by atoms with Crippen LogP contribution in [0.1, 0.15) is 42.7 Å². The van der Waals surface area contributed by atoms with Crippen LogP contribution in [-0.4, -0.2) is 5.78 Å². The Bertz CT molecular complexity index is 466. The standard InChI is InChI=1S/C16H18O/c17-15(16-13-6-3-7-14(13)16)9-11-8-10-4-1-2-5-12(10)11/h1-2,4-5,11,13-14,16H,3,6-9H2. The molecule has 1 aromatic carbocycles. The number of benzene rings is 1. The molecule has 0 spiro atoms. The van der Waals surface area contributed by atoms with Crippen molar-refractivity contribution in [2.75, 3.05) is 0 Å². The number of Topliss-reactive ketones (excluding diaryl/α,β-unsaturated/α-hetero) is 1. The molecule has 3 atom stereocenters. The SMILES string of the molecule is O=C(CC1Cc2ccccc21)C1C2CCCC21. The quantitative estimate of drug-likeness (QED) is 0.772. The van der Waals surface area contributed by atoms with Crippen LogP contribution in [0.25, 0.3) is 0 Å². The molecule has 0 aliphatic heterocycles. The van der Waals surface area contributed by atoms with Crippen molar-refractivity contribution in [2.24, 2.45) is 17.8 Å². The predicted octanol–water partition coefficient (Wildman–Crippen LogP) is 3.33. The fraction of sp³-hybridized carbons (Fsp3) is 0.562. The molecule has 3 aliphatic carbocycles. The lowest BCUT2D eigenvalue weighted by molar-refractivity contribution is -0.121. The third-order valence-corrected chi connectivity index (χ3v) is 5.19. The van der Waals surface area contributed by atoms with E-state index >= 15 is 0 Å². The van der Waals surface area contributed by atoms with Crippen molar-refractivity contribution in [2.45, 2.75) is 38.0 Å². The van der Waals surface area contributed by atoms with Gasteiger partial charge in [-0.25, -0.2) is 0 Å². The van der Waals surface area contributed by atoms with Crippen molar-refractivity contribution in [1.29, 1.82) is 0 Å². The Morgan fingerprint density at radius 3 is 2.71 bits per heavy atom. The van der Waals surface area contributed by atoms with Gasteiger partial charge in [0.1, 0.15) is 5.78 Å². The molecule has 0 aromatic heterocycles. The maximum absolute atomic E-state index is 12.2. The van der Waals surface area contributed by atoms with Gasteiger partial charge in [0.25, 0.3) is 0 Å². The second-order valence-electron chi connectivity index (χ2n) is 6.05. The number of rotatable bonds is 3. The normalized spacial score (nSPS) is 36.9. The Morgan fingerprint density at radius 1 is 1.18 bits per heavy atom. The first kappa shape index (κ1) is 9.87. The lowest BCUT2D eigenvalue weighted by Crippen LogP contribution is -2.21. The smallest absolute Gasteiger partial charge is 0.137 e. The highest BCUT2D eigenvalue weighted by Gasteiger charge is 2.56. The summed E-state index contributed by atoms with van der Waals surface area (Å²) in [6.45, 7) is 0. The summed E-state index contributed by atoms with van der Waals surface area (Å²) in [6, 6.07) is 8.59. The second-order valence-corrected chi connectivity index (χ2v) is 6.05. The summed E-state index contributed by atoms with van der Waals surface area (Å²) in [7, 11) is 0. The molecule has 1 nitrogen and oxygen atoms in total. The minimum absolute atomic E-state index is 0.469. The molecule has 0 N–H and O–H groups in total. The number of carbonyl (C=O) groups is 1. The Balaban J connectivity index is 1.42. The first-order valence-electron chi connectivity index (χ1n) is 6.95. The van der Waals surface area contributed by atoms with Crippen LogP contribution >= 0.6 is 0 Å². The Morgan fingerprint density at radius 2 is 1.94 bits per heavy atom. The van der Waals surface area contributed by atoms with Gasteiger partial charge >= 0.3 is 0 Å². The lowest BCUT2D eigenvalue weighted by Gasteiger charge is -2.29. The zero-order chi connectivity index (χ0) is 11.4. The second kappa shape index (κ2) is 3.44. The number of hydrogen-bond acceptors (Lipinski definition) is 1. The fourth-order valence-corrected chi connectivity index (χ4v) is 4.22. The van der Waals surface area contributed by atoms with Crippen molar-refractivity contribution < 1.29 is 4.79 Å². The average Bonchev–Trinajstić information content (AvgIpc) is 2.80. The monoisotopic (exact) mass is 226 g/mol. The highest BCUT2D eigenvalue weighted by Crippen LogP contribution is 2.58. The van der Waals surface area contributed by atoms with Gasteiger partial charge in [0.2, 0.25) is 0 Å². The van der Waals surface area contributed by atoms with Gasteiger partial charge in [0.15, 0.2) is 0 Å². The highest BCUT2D eigenvalue weighted by atomic mass is 16.1. The zero-order valence-corrected chi connectivity index (χ0v) is 10.1. The fourth-order valence-electron chi connectivity index (χ4n) is 4.22. The van der Waals surface area contributed by atoms with Gasteiger partial charge in [-0.3, -0.25) is 4.79 Å². The summed E-state index contributed by atoms with van der Waals surface area (Å²) in [6.07, 6.45) is 5.95. The van der Waals surface area contributed by atoms with E-state index < -0.39 is 0 Å². The zero-order valence-electron chi connectivity index (χ0n) is 10.1. The van der Waals surface area contributed by atoms with Gasteiger partial charge in [-0.2, -0.15) is 0 Å². The van der Waals surface area contributed by atoms with Crippen LogP contribution in [0.15, 0.2) is 24.3 Å². The lowest BCUT2D eigenvalue weighted by atomic mass is 9.74. The maximum Gasteiger partial charge on any atom is 0.137 e. The van der Waals surface area contributed by atoms with Crippen LogP contribution in [0.4, 0.5) is 0 Å². The molecule has 0 radical (unpaired) electrons. The number of hydrogen-bond donors (Lipinski definition) is 0. The van der Waals surface area contributed by atoms with E-state index in [9.17, 15) is 4.79 Å². The summed E-state index contributed by atoms with van der Waals surface area (Å²) >= 11 is 0. The summed E-state index contributed by atoms with van der Waals surface area (Å²) in [5.74, 6) is 3.16. The maximum atomic E-state index is 12.2. The Hall–Kier alpha value is -1.11. The number of ketones is 1. The molecule has 2 saturated carbocycles. The molecule has 0 amide bonds. The van der Waals surface area contributed by atoms with Crippen molar-refractivity contribution in [3.8, 4) is 0 Å². The van der Waals surface area contributed by atoms with Gasteiger partial charge in [0.05, 0.1) is 0 Å². The van der Waals surface area contributed by atoms with Crippen LogP contribution in [0.5, 0.6) is 0 Å². The van der Waals surface area contributed by atoms with Crippen LogP contribution in [0, 0.1) is 17.8 Å². The summed E-state index contributed by atoms with van der Waals surface area (Å²) in [4.78, 5) is 12.2. The average molecular weight is 226 g/mol. The van der Waals surface area contributed by atoms with E-state index in [-0.39, 0.29) is 0 Å². The number of carbonyl (C=O) groups excluding carboxylic acids is 1. The summed E-state index contributed by atoms with van der Waals surface area (Å²) in [5, 5.41) is 0. The van der Waals surface area contributed by atoms with Gasteiger partial charge in [-0.1, -0.05) is 30.7 Å². The molecule has 1 aromatic rings. The molecule has 1 heteroatoms. The van der Waals surface area contributed by atoms with E-state index in [0.29, 0.717) is 17.6 Å². The van der Waals surface area contributed by atoms with Gasteiger partial charge in [-0.05, 0) is 48.1 Å². The molecule has 88 valence electrons. The molecule has 3 unspecified atom stereocenters. The summed E-state index contributed by atoms with van der Waals surface area (Å²) < 4.78 is 0. The van der Waals surface area contributed by atoms with E-state index in [2.05, 4.69) is 24.3 Å². The van der Waals surface area contributed by atoms with E-state index in [1.54, 1.807) is 0 Å². The molecule has 0 heterocycles. The molecule has 4 rings (SSSR count). The molecule has 0 bridgehead atoms. The molecule has 2 fully saturated rings. The van der Waals surface area contributed by atoms with E-state index in [0.717, 1.165) is 24.7 Å². The van der Waals surface area contributed by atoms with Crippen LogP contribution in [-0.2, 0) is 11.2 Å². The minimum Gasteiger partial charge on any atom is -0.299 e. The summed E-state index contributed by atoms with van der Waals surface area (Å²) in [5.41, 5.74) is 2.90. The number of fused-ring (bicyclic) bond motifs is 2. The van der Waals surface area contributed by atoms with Crippen molar-refractivity contribution in [1.82, 2.24) is 0 Å². The minimum atomic E-state index is 0.469. The van der Waals surface area contributed by atoms with Crippen LogP contribution in [0.2, 0.25) is 0 Å². The first-order valence-corrected chi connectivity index (χ1v) is 6.95. The van der Waals surface area contributed by atoms with Gasteiger partial charge in [-0.15, -0.1) is 0 Å². The Labute approximate surface area is 102 Å². The third-order valence-electron chi connectivity index (χ3n) is 5.19. The van der Waals surface area contributed by atoms with Crippen molar-refractivity contribution in [3.05, 3.63) is 35.4 Å². The van der Waals surface area contributed by atoms with E-state index in [4.69, 9.17) is 0 Å². The largest absolute Gasteiger partial charge is 0.299 e. The van der Waals surface area contributed by atoms with E-state index in [1.807, 2.05) is 0 Å².